The van der Waals surface area contributed by atoms with Crippen LogP contribution in [0.5, 0.6) is 11.5 Å². The van der Waals surface area contributed by atoms with Crippen molar-refractivity contribution in [3.05, 3.63) is 136 Å². The molecule has 4 aromatic rings. The van der Waals surface area contributed by atoms with Crippen LogP contribution in [0.1, 0.15) is 39.3 Å². The Hall–Kier alpha value is -5.30. The maximum absolute atomic E-state index is 14.5. The molecule has 0 unspecified atom stereocenters. The van der Waals surface area contributed by atoms with E-state index in [4.69, 9.17) is 18.9 Å². The van der Waals surface area contributed by atoms with Gasteiger partial charge in [-0.05, 0) is 58.9 Å². The maximum atomic E-state index is 14.5. The molecule has 46 heavy (non-hydrogen) atoms. The quantitative estimate of drug-likeness (QED) is 0.236. The van der Waals surface area contributed by atoms with Crippen molar-refractivity contribution in [2.75, 3.05) is 35.0 Å². The summed E-state index contributed by atoms with van der Waals surface area (Å²) in [7, 11) is 5.95. The Morgan fingerprint density at radius 2 is 1.33 bits per heavy atom. The second-order valence-corrected chi connectivity index (χ2v) is 11.8. The highest BCUT2D eigenvalue weighted by Gasteiger charge is 2.57. The van der Waals surface area contributed by atoms with Crippen LogP contribution < -0.4 is 9.47 Å². The summed E-state index contributed by atoms with van der Waals surface area (Å²) >= 11 is 0. The third kappa shape index (κ3) is 4.11. The third-order valence-corrected chi connectivity index (χ3v) is 9.67. The fourth-order valence-electron chi connectivity index (χ4n) is 7.70. The van der Waals surface area contributed by atoms with E-state index in [2.05, 4.69) is 61.5 Å². The first-order valence-corrected chi connectivity index (χ1v) is 15.3. The number of ether oxygens (including phenoxy) is 4. The Balaban J connectivity index is 1.70. The van der Waals surface area contributed by atoms with Crippen molar-refractivity contribution in [3.63, 3.8) is 0 Å². The van der Waals surface area contributed by atoms with Gasteiger partial charge in [0.15, 0.2) is 11.5 Å². The lowest BCUT2D eigenvalue weighted by Crippen LogP contribution is -2.41. The standard InChI is InChI=1S/C39H35NO6/c1-23-14-16-24(17-15-23)31-22-32-28-21-34(44-3)33(43-2)20-25(28)18-19-40(32)36(38(42)46-5)35(37(41)45-4)39(31)29-12-8-6-10-26(29)27-11-7-9-13-30(27)39/h6-17,20-22,31H,18-19H2,1-5H3/t31-/m1/s1. The van der Waals surface area contributed by atoms with Gasteiger partial charge < -0.3 is 23.8 Å². The summed E-state index contributed by atoms with van der Waals surface area (Å²) in [5.41, 5.74) is 7.97. The molecule has 1 atom stereocenters. The molecule has 0 radical (unpaired) electrons. The molecule has 0 amide bonds. The minimum absolute atomic E-state index is 0.169. The highest BCUT2D eigenvalue weighted by Crippen LogP contribution is 2.62. The molecule has 2 heterocycles. The summed E-state index contributed by atoms with van der Waals surface area (Å²) in [6.07, 6.45) is 2.81. The first kappa shape index (κ1) is 29.4. The number of allylic oxidation sites excluding steroid dienone is 1. The van der Waals surface area contributed by atoms with Crippen LogP contribution in [0.4, 0.5) is 0 Å². The van der Waals surface area contributed by atoms with E-state index in [-0.39, 0.29) is 11.3 Å². The Labute approximate surface area is 268 Å². The Morgan fingerprint density at radius 3 is 1.91 bits per heavy atom. The molecule has 7 nitrogen and oxygen atoms in total. The van der Waals surface area contributed by atoms with Gasteiger partial charge in [0.2, 0.25) is 0 Å². The summed E-state index contributed by atoms with van der Waals surface area (Å²) in [5, 5.41) is 0. The van der Waals surface area contributed by atoms with Crippen molar-refractivity contribution in [3.8, 4) is 22.6 Å². The van der Waals surface area contributed by atoms with E-state index in [1.54, 1.807) is 14.2 Å². The zero-order valence-electron chi connectivity index (χ0n) is 26.5. The molecule has 1 aliphatic carbocycles. The number of esters is 2. The number of hydrogen-bond donors (Lipinski definition) is 0. The largest absolute Gasteiger partial charge is 0.493 e. The molecule has 7 rings (SSSR count). The number of rotatable bonds is 5. The lowest BCUT2D eigenvalue weighted by Gasteiger charge is -2.39. The summed E-state index contributed by atoms with van der Waals surface area (Å²) in [5.74, 6) is -0.431. The Kier molecular flexibility index (Phi) is 7.19. The fourth-order valence-corrected chi connectivity index (χ4v) is 7.70. The molecular weight excluding hydrogens is 578 g/mol. The number of nitrogens with zero attached hydrogens (tertiary/aromatic N) is 1. The maximum Gasteiger partial charge on any atom is 0.355 e. The van der Waals surface area contributed by atoms with Crippen molar-refractivity contribution in [2.24, 2.45) is 0 Å². The van der Waals surface area contributed by atoms with Crippen molar-refractivity contribution in [2.45, 2.75) is 24.7 Å². The number of hydrogen-bond acceptors (Lipinski definition) is 7. The topological polar surface area (TPSA) is 74.3 Å². The fraction of sp³-hybridized carbons (Fsp3) is 0.231. The van der Waals surface area contributed by atoms with E-state index in [1.165, 1.54) is 14.2 Å². The van der Waals surface area contributed by atoms with Gasteiger partial charge in [-0.2, -0.15) is 0 Å². The van der Waals surface area contributed by atoms with Gasteiger partial charge in [0.25, 0.3) is 0 Å². The van der Waals surface area contributed by atoms with Gasteiger partial charge in [0.1, 0.15) is 5.70 Å². The molecule has 0 saturated carbocycles. The number of fused-ring (bicyclic) bond motifs is 8. The molecule has 0 bridgehead atoms. The molecule has 0 fully saturated rings. The van der Waals surface area contributed by atoms with Crippen molar-refractivity contribution in [1.82, 2.24) is 4.90 Å². The zero-order valence-corrected chi connectivity index (χ0v) is 26.5. The minimum Gasteiger partial charge on any atom is -0.493 e. The van der Waals surface area contributed by atoms with E-state index in [0.29, 0.717) is 24.5 Å². The van der Waals surface area contributed by atoms with E-state index >= 15 is 0 Å². The third-order valence-electron chi connectivity index (χ3n) is 9.67. The molecule has 0 saturated heterocycles. The van der Waals surface area contributed by atoms with Crippen LogP contribution >= 0.6 is 0 Å². The second kappa shape index (κ2) is 11.2. The molecule has 7 heteroatoms. The molecule has 4 aromatic carbocycles. The van der Waals surface area contributed by atoms with Crippen molar-refractivity contribution < 1.29 is 28.5 Å². The van der Waals surface area contributed by atoms with Gasteiger partial charge in [-0.25, -0.2) is 9.59 Å². The van der Waals surface area contributed by atoms with Crippen LogP contribution in [0.3, 0.4) is 0 Å². The highest BCUT2D eigenvalue weighted by molar-refractivity contribution is 6.07. The number of carbonyl (C=O) groups is 2. The van der Waals surface area contributed by atoms with E-state index in [1.807, 2.05) is 41.3 Å². The summed E-state index contributed by atoms with van der Waals surface area (Å²) in [6, 6.07) is 28.6. The SMILES string of the molecule is COC(=O)C1=C(C(=O)OC)C2(c3ccccc3-c3ccccc32)[C@@H](c2ccc(C)cc2)C=C2c3cc(OC)c(OC)cc3CCN21. The van der Waals surface area contributed by atoms with Gasteiger partial charge in [0, 0.05) is 23.7 Å². The predicted octanol–water partition coefficient (Wildman–Crippen LogP) is 6.58. The highest BCUT2D eigenvalue weighted by atomic mass is 16.5. The van der Waals surface area contributed by atoms with Crippen molar-refractivity contribution >= 4 is 17.6 Å². The molecule has 0 aromatic heterocycles. The first-order valence-electron chi connectivity index (χ1n) is 15.3. The van der Waals surface area contributed by atoms with Gasteiger partial charge in [-0.1, -0.05) is 84.4 Å². The van der Waals surface area contributed by atoms with Crippen LogP contribution in [0.25, 0.3) is 16.8 Å². The summed E-state index contributed by atoms with van der Waals surface area (Å²) < 4.78 is 22.5. The van der Waals surface area contributed by atoms with Crippen LogP contribution in [0.2, 0.25) is 0 Å². The summed E-state index contributed by atoms with van der Waals surface area (Å²) in [6.45, 7) is 2.48. The normalized spacial score (nSPS) is 17.2. The smallest absolute Gasteiger partial charge is 0.355 e. The van der Waals surface area contributed by atoms with Crippen LogP contribution in [0.15, 0.2) is 102 Å². The molecule has 232 valence electrons. The van der Waals surface area contributed by atoms with Crippen LogP contribution in [0, 0.1) is 6.92 Å². The minimum atomic E-state index is -1.14. The number of benzene rings is 4. The predicted molar refractivity (Wildman–Crippen MR) is 176 cm³/mol. The molecular formula is C39H35NO6. The Bertz CT molecular complexity index is 1910. The van der Waals surface area contributed by atoms with Gasteiger partial charge in [-0.15, -0.1) is 0 Å². The van der Waals surface area contributed by atoms with Gasteiger partial charge in [-0.3, -0.25) is 0 Å². The molecule has 1 spiro atoms. The molecule has 2 aliphatic heterocycles. The van der Waals surface area contributed by atoms with Crippen molar-refractivity contribution in [1.29, 1.82) is 0 Å². The van der Waals surface area contributed by atoms with Gasteiger partial charge in [0.05, 0.1) is 39.4 Å². The first-order chi connectivity index (χ1) is 22.4. The van der Waals surface area contributed by atoms with E-state index < -0.39 is 23.3 Å². The Morgan fingerprint density at radius 1 is 0.739 bits per heavy atom. The molecule has 3 aliphatic rings. The van der Waals surface area contributed by atoms with E-state index in [9.17, 15) is 9.59 Å². The van der Waals surface area contributed by atoms with Crippen LogP contribution in [-0.4, -0.2) is 51.8 Å². The average Bonchev–Trinajstić information content (AvgIpc) is 3.30. The average molecular weight is 614 g/mol. The number of carbonyl (C=O) groups excluding carboxylic acids is 2. The van der Waals surface area contributed by atoms with Gasteiger partial charge >= 0.3 is 11.9 Å². The number of aryl methyl sites for hydroxylation is 1. The molecule has 0 N–H and O–H groups in total. The lowest BCUT2D eigenvalue weighted by atomic mass is 9.61. The zero-order chi connectivity index (χ0) is 32.2. The lowest BCUT2D eigenvalue weighted by molar-refractivity contribution is -0.141. The second-order valence-electron chi connectivity index (χ2n) is 11.8. The van der Waals surface area contributed by atoms with E-state index in [0.717, 1.165) is 50.2 Å². The summed E-state index contributed by atoms with van der Waals surface area (Å²) in [4.78, 5) is 30.6. The van der Waals surface area contributed by atoms with Crippen LogP contribution in [-0.2, 0) is 30.9 Å². The number of methoxy groups -OCH3 is 4. The monoisotopic (exact) mass is 613 g/mol.